The van der Waals surface area contributed by atoms with Crippen molar-refractivity contribution in [3.05, 3.63) is 34.1 Å². The van der Waals surface area contributed by atoms with Crippen molar-refractivity contribution in [3.8, 4) is 0 Å². The van der Waals surface area contributed by atoms with E-state index in [0.717, 1.165) is 12.1 Å². The fraction of sp³-hybridized carbons (Fsp3) is 0. The number of halogens is 1. The number of rotatable bonds is 5. The van der Waals surface area contributed by atoms with E-state index in [1.807, 2.05) is 0 Å². The standard InChI is InChI=1S/C9H7FN6O3/c10-5-1-2-6(7(3-5)16(18)19)12-9-8(11-4-17)13-15-14-9/h1-4H,(H3,11,12,13,14,15,17). The number of nitrogens with one attached hydrogen (secondary N) is 3. The normalized spacial score (nSPS) is 9.95. The summed E-state index contributed by atoms with van der Waals surface area (Å²) >= 11 is 0. The van der Waals surface area contributed by atoms with Crippen LogP contribution in [0.15, 0.2) is 18.2 Å². The number of nitrogens with zero attached hydrogens (tertiary/aromatic N) is 3. The molecule has 0 saturated carbocycles. The van der Waals surface area contributed by atoms with Gasteiger partial charge in [0.1, 0.15) is 11.5 Å². The number of hydrogen-bond acceptors (Lipinski definition) is 6. The second kappa shape index (κ2) is 5.08. The molecule has 0 aliphatic rings. The van der Waals surface area contributed by atoms with Crippen LogP contribution in [0.3, 0.4) is 0 Å². The molecule has 10 heteroatoms. The van der Waals surface area contributed by atoms with Crippen LogP contribution in [0.1, 0.15) is 0 Å². The monoisotopic (exact) mass is 266 g/mol. The van der Waals surface area contributed by atoms with E-state index in [1.165, 1.54) is 6.07 Å². The van der Waals surface area contributed by atoms with E-state index >= 15 is 0 Å². The number of carbonyl (C=O) groups is 1. The summed E-state index contributed by atoms with van der Waals surface area (Å²) in [5.74, 6) is -0.598. The van der Waals surface area contributed by atoms with Gasteiger partial charge in [-0.1, -0.05) is 0 Å². The predicted molar refractivity (Wildman–Crippen MR) is 62.4 cm³/mol. The van der Waals surface area contributed by atoms with Crippen molar-refractivity contribution in [2.45, 2.75) is 0 Å². The highest BCUT2D eigenvalue weighted by Gasteiger charge is 2.17. The van der Waals surface area contributed by atoms with E-state index in [1.54, 1.807) is 0 Å². The summed E-state index contributed by atoms with van der Waals surface area (Å²) < 4.78 is 13.0. The Morgan fingerprint density at radius 2 is 2.11 bits per heavy atom. The van der Waals surface area contributed by atoms with E-state index in [0.29, 0.717) is 6.41 Å². The highest BCUT2D eigenvalue weighted by Crippen LogP contribution is 2.29. The van der Waals surface area contributed by atoms with Gasteiger partial charge in [0.25, 0.3) is 5.69 Å². The third-order valence-electron chi connectivity index (χ3n) is 2.15. The molecule has 9 nitrogen and oxygen atoms in total. The second-order valence-electron chi connectivity index (χ2n) is 3.33. The minimum absolute atomic E-state index is 0.0225. The van der Waals surface area contributed by atoms with Crippen molar-refractivity contribution in [1.82, 2.24) is 15.4 Å². The van der Waals surface area contributed by atoms with Crippen LogP contribution in [0.25, 0.3) is 0 Å². The number of H-pyrrole nitrogens is 1. The van der Waals surface area contributed by atoms with Gasteiger partial charge in [-0.15, -0.1) is 10.2 Å². The fourth-order valence-corrected chi connectivity index (χ4v) is 1.36. The van der Waals surface area contributed by atoms with Gasteiger partial charge in [0.2, 0.25) is 6.41 Å². The summed E-state index contributed by atoms with van der Waals surface area (Å²) in [6.07, 6.45) is 0.377. The quantitative estimate of drug-likeness (QED) is 0.423. The van der Waals surface area contributed by atoms with E-state index < -0.39 is 16.4 Å². The Kier molecular flexibility index (Phi) is 3.32. The largest absolute Gasteiger partial charge is 0.330 e. The molecule has 2 aromatic rings. The highest BCUT2D eigenvalue weighted by molar-refractivity contribution is 5.79. The van der Waals surface area contributed by atoms with Gasteiger partial charge in [-0.2, -0.15) is 5.21 Å². The molecule has 1 amide bonds. The maximum atomic E-state index is 13.0. The van der Waals surface area contributed by atoms with Crippen LogP contribution in [0.2, 0.25) is 0 Å². The zero-order chi connectivity index (χ0) is 13.8. The van der Waals surface area contributed by atoms with Gasteiger partial charge in [-0.25, -0.2) is 4.39 Å². The Bertz CT molecular complexity index is 628. The number of nitro groups is 1. The lowest BCUT2D eigenvalue weighted by molar-refractivity contribution is -0.384. The number of anilines is 3. The first kappa shape index (κ1) is 12.4. The lowest BCUT2D eigenvalue weighted by atomic mass is 10.2. The molecule has 98 valence electrons. The number of benzene rings is 1. The molecule has 0 spiro atoms. The number of amides is 1. The minimum Gasteiger partial charge on any atom is -0.330 e. The lowest BCUT2D eigenvalue weighted by Crippen LogP contribution is -2.01. The average molecular weight is 266 g/mol. The summed E-state index contributed by atoms with van der Waals surface area (Å²) in [5.41, 5.74) is -0.436. The Morgan fingerprint density at radius 3 is 2.79 bits per heavy atom. The molecule has 0 aliphatic heterocycles. The van der Waals surface area contributed by atoms with Gasteiger partial charge >= 0.3 is 0 Å². The molecule has 19 heavy (non-hydrogen) atoms. The topological polar surface area (TPSA) is 126 Å². The number of nitro benzene ring substituents is 1. The van der Waals surface area contributed by atoms with Gasteiger partial charge in [0, 0.05) is 0 Å². The summed E-state index contributed by atoms with van der Waals surface area (Å²) in [5, 5.41) is 25.1. The third-order valence-corrected chi connectivity index (χ3v) is 2.15. The Balaban J connectivity index is 2.35. The van der Waals surface area contributed by atoms with E-state index in [4.69, 9.17) is 0 Å². The summed E-state index contributed by atoms with van der Waals surface area (Å²) in [6.45, 7) is 0. The fourth-order valence-electron chi connectivity index (χ4n) is 1.36. The first-order chi connectivity index (χ1) is 9.11. The van der Waals surface area contributed by atoms with Crippen LogP contribution >= 0.6 is 0 Å². The highest BCUT2D eigenvalue weighted by atomic mass is 19.1. The van der Waals surface area contributed by atoms with Crippen molar-refractivity contribution in [2.75, 3.05) is 10.6 Å². The Labute approximate surface area is 105 Å². The molecule has 0 unspecified atom stereocenters. The molecule has 3 N–H and O–H groups in total. The van der Waals surface area contributed by atoms with Crippen molar-refractivity contribution in [3.63, 3.8) is 0 Å². The molecule has 0 bridgehead atoms. The molecular formula is C9H7FN6O3. The van der Waals surface area contributed by atoms with Crippen LogP contribution in [0.4, 0.5) is 27.4 Å². The summed E-state index contributed by atoms with van der Waals surface area (Å²) in [7, 11) is 0. The maximum absolute atomic E-state index is 13.0. The molecule has 0 radical (unpaired) electrons. The van der Waals surface area contributed by atoms with Gasteiger partial charge in [0.05, 0.1) is 11.0 Å². The van der Waals surface area contributed by atoms with Gasteiger partial charge in [-0.3, -0.25) is 14.9 Å². The SMILES string of the molecule is O=CNc1n[nH]nc1Nc1ccc(F)cc1[N+](=O)[O-]. The summed E-state index contributed by atoms with van der Waals surface area (Å²) in [6, 6.07) is 3.02. The van der Waals surface area contributed by atoms with E-state index in [2.05, 4.69) is 26.0 Å². The predicted octanol–water partition coefficient (Wildman–Crippen LogP) is 1.16. The maximum Gasteiger partial charge on any atom is 0.295 e. The molecule has 0 saturated heterocycles. The zero-order valence-electron chi connectivity index (χ0n) is 9.25. The molecule has 1 heterocycles. The number of carbonyl (C=O) groups excluding carboxylic acids is 1. The van der Waals surface area contributed by atoms with Crippen molar-refractivity contribution >= 4 is 29.4 Å². The molecule has 0 aliphatic carbocycles. The van der Waals surface area contributed by atoms with Crippen LogP contribution in [-0.4, -0.2) is 26.7 Å². The molecular weight excluding hydrogens is 259 g/mol. The van der Waals surface area contributed by atoms with Crippen molar-refractivity contribution in [2.24, 2.45) is 0 Å². The zero-order valence-corrected chi connectivity index (χ0v) is 9.25. The number of aromatic amines is 1. The smallest absolute Gasteiger partial charge is 0.295 e. The number of aromatic nitrogens is 3. The molecule has 0 fully saturated rings. The Hall–Kier alpha value is -3.04. The molecule has 2 rings (SSSR count). The van der Waals surface area contributed by atoms with E-state index in [9.17, 15) is 19.3 Å². The second-order valence-corrected chi connectivity index (χ2v) is 3.33. The first-order valence-corrected chi connectivity index (χ1v) is 4.93. The van der Waals surface area contributed by atoms with Crippen LogP contribution in [-0.2, 0) is 4.79 Å². The van der Waals surface area contributed by atoms with Gasteiger partial charge < -0.3 is 10.6 Å². The van der Waals surface area contributed by atoms with Crippen LogP contribution < -0.4 is 10.6 Å². The molecule has 1 aromatic carbocycles. The lowest BCUT2D eigenvalue weighted by Gasteiger charge is -2.05. The van der Waals surface area contributed by atoms with Gasteiger partial charge in [0.15, 0.2) is 11.6 Å². The van der Waals surface area contributed by atoms with Gasteiger partial charge in [-0.05, 0) is 12.1 Å². The molecule has 0 atom stereocenters. The Morgan fingerprint density at radius 1 is 1.37 bits per heavy atom. The summed E-state index contributed by atoms with van der Waals surface area (Å²) in [4.78, 5) is 20.4. The van der Waals surface area contributed by atoms with Crippen molar-refractivity contribution < 1.29 is 14.1 Å². The third kappa shape index (κ3) is 2.62. The number of hydrogen-bond donors (Lipinski definition) is 3. The minimum atomic E-state index is -0.738. The first-order valence-electron chi connectivity index (χ1n) is 4.93. The van der Waals surface area contributed by atoms with Crippen LogP contribution in [0, 0.1) is 15.9 Å². The molecule has 1 aromatic heterocycles. The van der Waals surface area contributed by atoms with E-state index in [-0.39, 0.29) is 17.3 Å². The average Bonchev–Trinajstić information content (AvgIpc) is 2.79. The van der Waals surface area contributed by atoms with Crippen molar-refractivity contribution in [1.29, 1.82) is 0 Å². The van der Waals surface area contributed by atoms with Crippen LogP contribution in [0.5, 0.6) is 0 Å².